The molecule has 0 heterocycles. The highest BCUT2D eigenvalue weighted by molar-refractivity contribution is 5.82. The van der Waals surface area contributed by atoms with Crippen LogP contribution in [0.25, 0.3) is 0 Å². The van der Waals surface area contributed by atoms with Crippen LogP contribution in [-0.4, -0.2) is 29.4 Å². The van der Waals surface area contributed by atoms with E-state index in [1.165, 1.54) is 108 Å². The van der Waals surface area contributed by atoms with Crippen LogP contribution in [0, 0.1) is 0 Å². The van der Waals surface area contributed by atoms with Gasteiger partial charge in [-0.2, -0.15) is 0 Å². The van der Waals surface area contributed by atoms with Gasteiger partial charge in [0.05, 0.1) is 19.2 Å². The van der Waals surface area contributed by atoms with E-state index in [1.54, 1.807) is 0 Å². The summed E-state index contributed by atoms with van der Waals surface area (Å²) < 4.78 is 6.46. The molecule has 0 amide bonds. The van der Waals surface area contributed by atoms with Gasteiger partial charge in [-0.3, -0.25) is 0 Å². The van der Waals surface area contributed by atoms with E-state index in [0.717, 1.165) is 24.3 Å². The van der Waals surface area contributed by atoms with Crippen molar-refractivity contribution in [3.8, 4) is 11.5 Å². The van der Waals surface area contributed by atoms with Gasteiger partial charge < -0.3 is 24.9 Å². The van der Waals surface area contributed by atoms with E-state index in [0.29, 0.717) is 0 Å². The summed E-state index contributed by atoms with van der Waals surface area (Å²) in [6.45, 7) is 8.79. The van der Waals surface area contributed by atoms with Crippen LogP contribution in [0.15, 0.2) is 60.7 Å². The first-order valence-electron chi connectivity index (χ1n) is 15.8. The van der Waals surface area contributed by atoms with Gasteiger partial charge >= 0.3 is 0 Å². The molecule has 5 heteroatoms. The summed E-state index contributed by atoms with van der Waals surface area (Å²) in [7, 11) is 0. The van der Waals surface area contributed by atoms with Crippen molar-refractivity contribution in [3.05, 3.63) is 71.8 Å². The molecule has 232 valence electrons. The zero-order chi connectivity index (χ0) is 30.6. The minimum atomic E-state index is -1.19. The van der Waals surface area contributed by atoms with Crippen molar-refractivity contribution in [1.29, 1.82) is 0 Å². The van der Waals surface area contributed by atoms with Crippen molar-refractivity contribution in [1.82, 2.24) is 0 Å². The summed E-state index contributed by atoms with van der Waals surface area (Å²) in [6.07, 6.45) is 21.1. The maximum absolute atomic E-state index is 9.49. The summed E-state index contributed by atoms with van der Waals surface area (Å²) in [6, 6.07) is 17.3. The van der Waals surface area contributed by atoms with E-state index >= 15 is 0 Å². The van der Waals surface area contributed by atoms with E-state index in [4.69, 9.17) is 14.9 Å². The Balaban J connectivity index is 0.00000137. The van der Waals surface area contributed by atoms with Crippen LogP contribution in [0.3, 0.4) is 0 Å². The number of para-hydroxylation sites is 2. The average molecular weight is 570 g/mol. The molecule has 0 aromatic heterocycles. The minimum Gasteiger partial charge on any atom is -0.545 e. The Morgan fingerprint density at radius 2 is 0.976 bits per heavy atom. The number of carbonyl (C=O) groups excluding carboxylic acids is 1. The van der Waals surface area contributed by atoms with Crippen molar-refractivity contribution in [2.75, 3.05) is 13.2 Å². The molecule has 2 N–H and O–H groups in total. The lowest BCUT2D eigenvalue weighted by atomic mass is 10.0. The number of hydrogen-bond acceptors (Lipinski definition) is 5. The monoisotopic (exact) mass is 569 g/mol. The molecule has 0 saturated carbocycles. The Labute approximate surface area is 250 Å². The minimum absolute atomic E-state index is 0.0648. The number of carbonyl (C=O) groups is 1. The molecule has 41 heavy (non-hydrogen) atoms. The smallest absolute Gasteiger partial charge is 0.130 e. The topological polar surface area (TPSA) is 89.8 Å². The maximum atomic E-state index is 9.49. The molecule has 0 fully saturated rings. The number of aliphatic hydroxyl groups excluding tert-OH is 2. The highest BCUT2D eigenvalue weighted by Crippen LogP contribution is 2.30. The second kappa shape index (κ2) is 27.5. The molecule has 0 aliphatic heterocycles. The molecular formula is C36H57O5-. The Kier molecular flexibility index (Phi) is 25.8. The lowest BCUT2D eigenvalue weighted by Crippen LogP contribution is -2.22. The second-order valence-electron chi connectivity index (χ2n) is 10.6. The first-order chi connectivity index (χ1) is 19.9. The third kappa shape index (κ3) is 21.7. The fourth-order valence-electron chi connectivity index (χ4n) is 4.28. The number of aliphatic hydroxyl groups is 2. The Morgan fingerprint density at radius 1 is 0.659 bits per heavy atom. The Bertz CT molecular complexity index is 835. The third-order valence-electron chi connectivity index (χ3n) is 6.71. The molecule has 0 radical (unpaired) electrons. The molecule has 0 unspecified atom stereocenters. The quantitative estimate of drug-likeness (QED) is 0.124. The molecule has 0 bridgehead atoms. The number of ether oxygens (including phenoxy) is 1. The first-order valence-corrected chi connectivity index (χ1v) is 15.8. The standard InChI is InChI=1S/C30H46O.C4H6O2.C2H6O2/c1-3-5-7-9-11-13-15-21-27-23-17-19-25-29(27)31-30-26-20-18-24-28(30)22-16-14-12-10-8-6-4-2;1-3(2)4(5)6;3-1-2-4/h17-20,23-26H,3-16,21-22H2,1-2H3;1H2,2H3,(H,5,6);3-4H,1-2H2/p-1. The van der Waals surface area contributed by atoms with E-state index in [9.17, 15) is 9.90 Å². The van der Waals surface area contributed by atoms with Crippen LogP contribution < -0.4 is 9.84 Å². The zero-order valence-electron chi connectivity index (χ0n) is 26.2. The van der Waals surface area contributed by atoms with Gasteiger partial charge in [-0.15, -0.1) is 0 Å². The molecule has 0 saturated heterocycles. The van der Waals surface area contributed by atoms with E-state index < -0.39 is 5.97 Å². The van der Waals surface area contributed by atoms with Crippen LogP contribution in [0.2, 0.25) is 0 Å². The van der Waals surface area contributed by atoms with Crippen LogP contribution >= 0.6 is 0 Å². The number of aliphatic carboxylic acids is 1. The van der Waals surface area contributed by atoms with Gasteiger partial charge in [0.25, 0.3) is 0 Å². The van der Waals surface area contributed by atoms with Crippen molar-refractivity contribution in [3.63, 3.8) is 0 Å². The Hall–Kier alpha value is -2.63. The lowest BCUT2D eigenvalue weighted by Gasteiger charge is -2.14. The summed E-state index contributed by atoms with van der Waals surface area (Å²) >= 11 is 0. The SMILES string of the molecule is C=C(C)C(=O)[O-].CCCCCCCCCc1ccccc1Oc1ccccc1CCCCCCCCC.OCCO. The number of carboxylic acid groups (broad SMARTS) is 1. The largest absolute Gasteiger partial charge is 0.545 e. The third-order valence-corrected chi connectivity index (χ3v) is 6.71. The molecule has 0 spiro atoms. The van der Waals surface area contributed by atoms with Crippen LogP contribution in [0.5, 0.6) is 11.5 Å². The number of carboxylic acids is 1. The molecule has 0 aliphatic rings. The highest BCUT2D eigenvalue weighted by atomic mass is 16.5. The van der Waals surface area contributed by atoms with Gasteiger partial charge in [-0.05, 0) is 61.4 Å². The molecule has 0 atom stereocenters. The van der Waals surface area contributed by atoms with Gasteiger partial charge in [0, 0.05) is 0 Å². The zero-order valence-corrected chi connectivity index (χ0v) is 26.2. The first kappa shape index (κ1) is 38.4. The highest BCUT2D eigenvalue weighted by Gasteiger charge is 2.08. The van der Waals surface area contributed by atoms with E-state index in [2.05, 4.69) is 69.0 Å². The summed E-state index contributed by atoms with van der Waals surface area (Å²) in [5.41, 5.74) is 2.76. The normalized spacial score (nSPS) is 10.2. The van der Waals surface area contributed by atoms with E-state index in [-0.39, 0.29) is 18.8 Å². The summed E-state index contributed by atoms with van der Waals surface area (Å²) in [4.78, 5) is 9.49. The van der Waals surface area contributed by atoms with Crippen molar-refractivity contribution >= 4 is 5.97 Å². The molecular weight excluding hydrogens is 512 g/mol. The van der Waals surface area contributed by atoms with Gasteiger partial charge in [0.2, 0.25) is 0 Å². The number of rotatable bonds is 20. The van der Waals surface area contributed by atoms with Gasteiger partial charge in [0.1, 0.15) is 11.5 Å². The van der Waals surface area contributed by atoms with Crippen molar-refractivity contribution < 1.29 is 24.9 Å². The van der Waals surface area contributed by atoms with Crippen LogP contribution in [0.1, 0.15) is 122 Å². The second-order valence-corrected chi connectivity index (χ2v) is 10.6. The number of unbranched alkanes of at least 4 members (excludes halogenated alkanes) is 12. The number of aryl methyl sites for hydroxylation is 2. The molecule has 5 nitrogen and oxygen atoms in total. The molecule has 2 rings (SSSR count). The van der Waals surface area contributed by atoms with Gasteiger partial charge in [0.15, 0.2) is 0 Å². The predicted molar refractivity (Wildman–Crippen MR) is 170 cm³/mol. The predicted octanol–water partition coefficient (Wildman–Crippen LogP) is 8.35. The molecule has 0 aliphatic carbocycles. The van der Waals surface area contributed by atoms with Crippen molar-refractivity contribution in [2.45, 2.75) is 124 Å². The van der Waals surface area contributed by atoms with Crippen LogP contribution in [-0.2, 0) is 17.6 Å². The summed E-state index contributed by atoms with van der Waals surface area (Å²) in [5.74, 6) is 0.899. The fraction of sp³-hybridized carbons (Fsp3) is 0.583. The number of hydrogen-bond donors (Lipinski definition) is 2. The maximum Gasteiger partial charge on any atom is 0.130 e. The Morgan fingerprint density at radius 3 is 1.29 bits per heavy atom. The molecule has 2 aromatic carbocycles. The van der Waals surface area contributed by atoms with Crippen molar-refractivity contribution in [2.24, 2.45) is 0 Å². The average Bonchev–Trinajstić information content (AvgIpc) is 2.98. The van der Waals surface area contributed by atoms with Gasteiger partial charge in [-0.1, -0.05) is 134 Å². The van der Waals surface area contributed by atoms with E-state index in [1.807, 2.05) is 0 Å². The van der Waals surface area contributed by atoms with Crippen LogP contribution in [0.4, 0.5) is 0 Å². The van der Waals surface area contributed by atoms with Gasteiger partial charge in [-0.25, -0.2) is 0 Å². The molecule has 2 aromatic rings. The summed E-state index contributed by atoms with van der Waals surface area (Å²) in [5, 5.41) is 24.7. The fourth-order valence-corrected chi connectivity index (χ4v) is 4.28. The lowest BCUT2D eigenvalue weighted by molar-refractivity contribution is -0.299. The number of benzene rings is 2.